The molecule has 1 aromatic rings. The van der Waals surface area contributed by atoms with Crippen LogP contribution in [0.25, 0.3) is 0 Å². The van der Waals surface area contributed by atoms with E-state index in [4.69, 9.17) is 0 Å². The summed E-state index contributed by atoms with van der Waals surface area (Å²) in [6.45, 7) is 16.9. The summed E-state index contributed by atoms with van der Waals surface area (Å²) in [5.74, 6) is 0.722. The van der Waals surface area contributed by atoms with Gasteiger partial charge in [0.25, 0.3) is 0 Å². The van der Waals surface area contributed by atoms with Crippen LogP contribution in [0.3, 0.4) is 0 Å². The maximum atomic E-state index is 3.84. The third-order valence-corrected chi connectivity index (χ3v) is 3.65. The average molecular weight is 288 g/mol. The number of hydrogen-bond acceptors (Lipinski definition) is 2. The molecule has 0 aromatic heterocycles. The van der Waals surface area contributed by atoms with Gasteiger partial charge in [0.2, 0.25) is 0 Å². The monoisotopic (exact) mass is 288 g/mol. The van der Waals surface area contributed by atoms with E-state index in [1.54, 1.807) is 0 Å². The lowest BCUT2D eigenvalue weighted by Gasteiger charge is -2.25. The van der Waals surface area contributed by atoms with Crippen molar-refractivity contribution in [3.05, 3.63) is 48.0 Å². The van der Waals surface area contributed by atoms with Crippen LogP contribution in [0, 0.1) is 5.92 Å². The Hall–Kier alpha value is -1.12. The van der Waals surface area contributed by atoms with Crippen molar-refractivity contribution in [1.82, 2.24) is 10.2 Å². The van der Waals surface area contributed by atoms with Crippen LogP contribution in [0.15, 0.2) is 36.9 Å². The molecule has 1 N–H and O–H groups in total. The summed E-state index contributed by atoms with van der Waals surface area (Å²) in [4.78, 5) is 2.42. The number of benzene rings is 1. The molecule has 2 nitrogen and oxygen atoms in total. The van der Waals surface area contributed by atoms with E-state index >= 15 is 0 Å². The minimum atomic E-state index is 0.544. The van der Waals surface area contributed by atoms with Gasteiger partial charge in [-0.3, -0.25) is 4.90 Å². The van der Waals surface area contributed by atoms with E-state index in [0.717, 1.165) is 38.5 Å². The molecule has 1 aromatic carbocycles. The van der Waals surface area contributed by atoms with Crippen molar-refractivity contribution >= 4 is 0 Å². The standard InChI is InChI=1S/C19H32N2/c1-6-13-21(17(4)5)15-19-9-7-18(8-10-19)11-12-20-14-16(2)3/h6-10,16-17,20H,1,11-15H2,2-5H3. The van der Waals surface area contributed by atoms with E-state index in [0.29, 0.717) is 6.04 Å². The van der Waals surface area contributed by atoms with E-state index in [2.05, 4.69) is 68.8 Å². The number of nitrogens with zero attached hydrogens (tertiary/aromatic N) is 1. The lowest BCUT2D eigenvalue weighted by molar-refractivity contribution is 0.237. The molecule has 1 rings (SSSR count). The zero-order valence-corrected chi connectivity index (χ0v) is 14.2. The molecule has 0 atom stereocenters. The van der Waals surface area contributed by atoms with Gasteiger partial charge in [0.15, 0.2) is 0 Å². The summed E-state index contributed by atoms with van der Waals surface area (Å²) >= 11 is 0. The molecule has 0 fully saturated rings. The highest BCUT2D eigenvalue weighted by molar-refractivity contribution is 5.23. The second kappa shape index (κ2) is 9.75. The minimum absolute atomic E-state index is 0.544. The number of rotatable bonds is 10. The topological polar surface area (TPSA) is 15.3 Å². The van der Waals surface area contributed by atoms with Gasteiger partial charge in [-0.05, 0) is 50.4 Å². The highest BCUT2D eigenvalue weighted by Crippen LogP contribution is 2.10. The Kier molecular flexibility index (Phi) is 8.33. The molecule has 0 radical (unpaired) electrons. The van der Waals surface area contributed by atoms with Crippen molar-refractivity contribution in [3.63, 3.8) is 0 Å². The normalized spacial score (nSPS) is 11.6. The Morgan fingerprint density at radius 2 is 1.71 bits per heavy atom. The van der Waals surface area contributed by atoms with Gasteiger partial charge in [-0.25, -0.2) is 0 Å². The van der Waals surface area contributed by atoms with E-state index < -0.39 is 0 Å². The zero-order valence-electron chi connectivity index (χ0n) is 14.2. The first-order valence-corrected chi connectivity index (χ1v) is 8.16. The molecular weight excluding hydrogens is 256 g/mol. The first-order valence-electron chi connectivity index (χ1n) is 8.16. The first-order chi connectivity index (χ1) is 10.0. The predicted octanol–water partition coefficient (Wildman–Crippen LogP) is 3.87. The van der Waals surface area contributed by atoms with E-state index in [1.165, 1.54) is 11.1 Å². The molecule has 0 aliphatic heterocycles. The van der Waals surface area contributed by atoms with Crippen LogP contribution in [0.5, 0.6) is 0 Å². The number of hydrogen-bond donors (Lipinski definition) is 1. The van der Waals surface area contributed by atoms with E-state index in [1.807, 2.05) is 6.08 Å². The highest BCUT2D eigenvalue weighted by atomic mass is 15.1. The Bertz CT molecular complexity index is 393. The van der Waals surface area contributed by atoms with E-state index in [9.17, 15) is 0 Å². The van der Waals surface area contributed by atoms with Crippen molar-refractivity contribution in [3.8, 4) is 0 Å². The van der Waals surface area contributed by atoms with Crippen molar-refractivity contribution in [1.29, 1.82) is 0 Å². The summed E-state index contributed by atoms with van der Waals surface area (Å²) < 4.78 is 0. The van der Waals surface area contributed by atoms with Crippen LogP contribution in [0.1, 0.15) is 38.8 Å². The van der Waals surface area contributed by atoms with Crippen LogP contribution in [-0.4, -0.2) is 30.6 Å². The van der Waals surface area contributed by atoms with Gasteiger partial charge in [0, 0.05) is 19.1 Å². The van der Waals surface area contributed by atoms with Gasteiger partial charge < -0.3 is 5.32 Å². The summed E-state index contributed by atoms with van der Waals surface area (Å²) in [5, 5.41) is 3.49. The molecule has 0 aliphatic rings. The van der Waals surface area contributed by atoms with Gasteiger partial charge in [0.1, 0.15) is 0 Å². The fourth-order valence-electron chi connectivity index (χ4n) is 2.29. The molecule has 2 heteroatoms. The zero-order chi connectivity index (χ0) is 15.7. The minimum Gasteiger partial charge on any atom is -0.316 e. The Morgan fingerprint density at radius 1 is 1.10 bits per heavy atom. The van der Waals surface area contributed by atoms with Crippen LogP contribution in [0.4, 0.5) is 0 Å². The Morgan fingerprint density at radius 3 is 2.24 bits per heavy atom. The fourth-order valence-corrected chi connectivity index (χ4v) is 2.29. The summed E-state index contributed by atoms with van der Waals surface area (Å²) in [5.41, 5.74) is 2.79. The summed E-state index contributed by atoms with van der Waals surface area (Å²) in [6.07, 6.45) is 3.09. The second-order valence-corrected chi connectivity index (χ2v) is 6.48. The molecular formula is C19H32N2. The molecule has 0 bridgehead atoms. The molecule has 0 saturated carbocycles. The molecule has 0 saturated heterocycles. The third-order valence-electron chi connectivity index (χ3n) is 3.65. The fraction of sp³-hybridized carbons (Fsp3) is 0.579. The van der Waals surface area contributed by atoms with E-state index in [-0.39, 0.29) is 0 Å². The average Bonchev–Trinajstić information content (AvgIpc) is 2.44. The Balaban J connectivity index is 2.44. The SMILES string of the molecule is C=CCN(Cc1ccc(CCNCC(C)C)cc1)C(C)C. The molecule has 0 unspecified atom stereocenters. The molecule has 0 heterocycles. The van der Waals surface area contributed by atoms with Crippen molar-refractivity contribution in [2.75, 3.05) is 19.6 Å². The van der Waals surface area contributed by atoms with Gasteiger partial charge in [0.05, 0.1) is 0 Å². The third kappa shape index (κ3) is 7.45. The van der Waals surface area contributed by atoms with Gasteiger partial charge >= 0.3 is 0 Å². The number of nitrogens with one attached hydrogen (secondary N) is 1. The summed E-state index contributed by atoms with van der Waals surface area (Å²) in [6, 6.07) is 9.59. The highest BCUT2D eigenvalue weighted by Gasteiger charge is 2.08. The molecule has 0 aliphatic carbocycles. The van der Waals surface area contributed by atoms with Crippen LogP contribution in [-0.2, 0) is 13.0 Å². The maximum absolute atomic E-state index is 3.84. The van der Waals surface area contributed by atoms with Gasteiger partial charge in [-0.2, -0.15) is 0 Å². The Labute approximate surface area is 131 Å². The van der Waals surface area contributed by atoms with Gasteiger partial charge in [-0.1, -0.05) is 44.2 Å². The van der Waals surface area contributed by atoms with Crippen LogP contribution < -0.4 is 5.32 Å². The summed E-state index contributed by atoms with van der Waals surface area (Å²) in [7, 11) is 0. The largest absolute Gasteiger partial charge is 0.316 e. The van der Waals surface area contributed by atoms with Gasteiger partial charge in [-0.15, -0.1) is 6.58 Å². The lowest BCUT2D eigenvalue weighted by atomic mass is 10.1. The second-order valence-electron chi connectivity index (χ2n) is 6.48. The predicted molar refractivity (Wildman–Crippen MR) is 93.6 cm³/mol. The molecule has 118 valence electrons. The lowest BCUT2D eigenvalue weighted by Crippen LogP contribution is -2.30. The maximum Gasteiger partial charge on any atom is 0.0239 e. The first kappa shape index (κ1) is 17.9. The molecule has 0 spiro atoms. The smallest absolute Gasteiger partial charge is 0.0239 e. The molecule has 21 heavy (non-hydrogen) atoms. The van der Waals surface area contributed by atoms with Crippen molar-refractivity contribution < 1.29 is 0 Å². The van der Waals surface area contributed by atoms with Crippen LogP contribution in [0.2, 0.25) is 0 Å². The molecule has 0 amide bonds. The quantitative estimate of drug-likeness (QED) is 0.519. The van der Waals surface area contributed by atoms with Crippen molar-refractivity contribution in [2.45, 2.75) is 46.7 Å². The van der Waals surface area contributed by atoms with Crippen LogP contribution >= 0.6 is 0 Å². The van der Waals surface area contributed by atoms with Crippen molar-refractivity contribution in [2.24, 2.45) is 5.92 Å².